The summed E-state index contributed by atoms with van der Waals surface area (Å²) < 4.78 is 58.6. The molecule has 0 aliphatic rings. The summed E-state index contributed by atoms with van der Waals surface area (Å²) in [6.45, 7) is 4.72. The Morgan fingerprint density at radius 1 is 1.25 bits per heavy atom. The van der Waals surface area contributed by atoms with Gasteiger partial charge in [0, 0.05) is 11.1 Å². The zero-order valence-electron chi connectivity index (χ0n) is 14.8. The van der Waals surface area contributed by atoms with Crippen molar-refractivity contribution in [3.63, 3.8) is 0 Å². The summed E-state index contributed by atoms with van der Waals surface area (Å²) in [7, 11) is -5.17. The van der Waals surface area contributed by atoms with Crippen LogP contribution in [0.25, 0.3) is 0 Å². The average molecular weight is 435 g/mol. The number of nitrogens with one attached hydrogen (secondary N) is 1. The second kappa shape index (κ2) is 7.67. The summed E-state index contributed by atoms with van der Waals surface area (Å²) in [6, 6.07) is 1.06. The number of hydrogen-bond donors (Lipinski definition) is 2. The minimum atomic E-state index is -5.17. The highest BCUT2D eigenvalue weighted by atomic mass is 32.2. The van der Waals surface area contributed by atoms with Crippen LogP contribution in [0.1, 0.15) is 20.8 Å². The van der Waals surface area contributed by atoms with E-state index >= 15 is 0 Å². The molecule has 0 saturated heterocycles. The smallest absolute Gasteiger partial charge is 0.427 e. The molecule has 0 aliphatic heterocycles. The molecule has 1 aromatic heterocycles. The lowest BCUT2D eigenvalue weighted by molar-refractivity contribution is 0.0636. The maximum absolute atomic E-state index is 14.4. The van der Waals surface area contributed by atoms with Gasteiger partial charge in [0.15, 0.2) is 10.7 Å². The number of hydrogen-bond acceptors (Lipinski definition) is 7. The van der Waals surface area contributed by atoms with Gasteiger partial charge in [0.25, 0.3) is 10.0 Å². The first-order chi connectivity index (χ1) is 12.8. The predicted octanol–water partition coefficient (Wildman–Crippen LogP) is 3.64. The quantitative estimate of drug-likeness (QED) is 0.751. The fourth-order valence-electron chi connectivity index (χ4n) is 2.02. The van der Waals surface area contributed by atoms with Crippen molar-refractivity contribution in [1.29, 1.82) is 0 Å². The zero-order chi connectivity index (χ0) is 21.3. The van der Waals surface area contributed by atoms with Crippen molar-refractivity contribution in [1.82, 2.24) is 4.98 Å². The number of thiazole rings is 1. The first kappa shape index (κ1) is 21.5. The number of halogens is 2. The molecule has 9 nitrogen and oxygen atoms in total. The summed E-state index contributed by atoms with van der Waals surface area (Å²) in [5.74, 6) is -3.74. The third-order valence-corrected chi connectivity index (χ3v) is 5.25. The molecule has 28 heavy (non-hydrogen) atoms. The normalized spacial score (nSPS) is 11.8. The number of carbonyl (C=O) groups excluding carboxylic acids is 1. The van der Waals surface area contributed by atoms with Gasteiger partial charge in [-0.25, -0.2) is 31.8 Å². The van der Waals surface area contributed by atoms with E-state index in [4.69, 9.17) is 4.74 Å². The maximum Gasteiger partial charge on any atom is 0.427 e. The van der Waals surface area contributed by atoms with Gasteiger partial charge in [0.05, 0.1) is 5.51 Å². The Morgan fingerprint density at radius 3 is 2.25 bits per heavy atom. The molecule has 0 unspecified atom stereocenters. The van der Waals surface area contributed by atoms with E-state index in [1.54, 1.807) is 20.8 Å². The highest BCUT2D eigenvalue weighted by Crippen LogP contribution is 2.29. The maximum atomic E-state index is 14.4. The van der Waals surface area contributed by atoms with Gasteiger partial charge >= 0.3 is 12.2 Å². The summed E-state index contributed by atoms with van der Waals surface area (Å²) in [5, 5.41) is 12.3. The fourth-order valence-corrected chi connectivity index (χ4v) is 3.95. The summed E-state index contributed by atoms with van der Waals surface area (Å²) in [4.78, 5) is 25.1. The molecule has 0 aliphatic carbocycles. The highest BCUT2D eigenvalue weighted by molar-refractivity contribution is 7.93. The number of carboxylic acid groups (broad SMARTS) is 1. The molecule has 13 heteroatoms. The summed E-state index contributed by atoms with van der Waals surface area (Å²) in [6.07, 6.45) is -3.02. The largest absolute Gasteiger partial charge is 0.464 e. The number of nitrogens with zero attached hydrogens (tertiary/aromatic N) is 2. The van der Waals surface area contributed by atoms with Crippen LogP contribution in [-0.2, 0) is 14.8 Å². The Hall–Kier alpha value is -2.80. The second-order valence-electron chi connectivity index (χ2n) is 6.29. The van der Waals surface area contributed by atoms with Crippen LogP contribution in [-0.4, -0.2) is 36.3 Å². The van der Waals surface area contributed by atoms with Crippen LogP contribution >= 0.6 is 11.3 Å². The summed E-state index contributed by atoms with van der Waals surface area (Å²) in [5.41, 5.74) is -0.139. The van der Waals surface area contributed by atoms with Crippen LogP contribution in [0.3, 0.4) is 0 Å². The summed E-state index contributed by atoms with van der Waals surface area (Å²) >= 11 is 0.889. The first-order valence-corrected chi connectivity index (χ1v) is 9.86. The van der Waals surface area contributed by atoms with Crippen molar-refractivity contribution in [3.8, 4) is 0 Å². The predicted molar refractivity (Wildman–Crippen MR) is 96.0 cm³/mol. The lowest BCUT2D eigenvalue weighted by Crippen LogP contribution is -2.37. The van der Waals surface area contributed by atoms with E-state index < -0.39 is 55.8 Å². The molecular weight excluding hydrogens is 420 g/mol. The molecule has 0 saturated carbocycles. The molecule has 1 heterocycles. The SMILES string of the molecule is CC(C)(C)OC(=O)Nc1cc(F)c(S(=O)(=O)N(C(=O)O)c2cscn2)c(F)c1. The number of benzene rings is 1. The van der Waals surface area contributed by atoms with Crippen molar-refractivity contribution in [2.24, 2.45) is 0 Å². The van der Waals surface area contributed by atoms with Crippen molar-refractivity contribution in [3.05, 3.63) is 34.7 Å². The Balaban J connectivity index is 2.44. The highest BCUT2D eigenvalue weighted by Gasteiger charge is 2.37. The molecule has 2 amide bonds. The molecule has 0 radical (unpaired) electrons. The standard InChI is InChI=1S/C15H15F2N3O6S2/c1-15(2,3)26-13(21)19-8-4-9(16)12(10(17)5-8)28(24,25)20(14(22)23)11-6-27-7-18-11/h4-7H,1-3H3,(H,19,21)(H,22,23). The fraction of sp³-hybridized carbons (Fsp3) is 0.267. The van der Waals surface area contributed by atoms with Crippen LogP contribution in [0.2, 0.25) is 0 Å². The van der Waals surface area contributed by atoms with E-state index in [0.717, 1.165) is 22.2 Å². The van der Waals surface area contributed by atoms with Gasteiger partial charge in [-0.05, 0) is 32.9 Å². The van der Waals surface area contributed by atoms with E-state index in [-0.39, 0.29) is 4.31 Å². The van der Waals surface area contributed by atoms with E-state index in [0.29, 0.717) is 12.1 Å². The van der Waals surface area contributed by atoms with Crippen molar-refractivity contribution >= 4 is 45.1 Å². The molecule has 1 aromatic carbocycles. The van der Waals surface area contributed by atoms with Gasteiger partial charge in [0.1, 0.15) is 17.2 Å². The molecule has 2 rings (SSSR count). The number of rotatable bonds is 4. The topological polar surface area (TPSA) is 126 Å². The van der Waals surface area contributed by atoms with Gasteiger partial charge in [0.2, 0.25) is 0 Å². The number of carbonyl (C=O) groups is 2. The van der Waals surface area contributed by atoms with E-state index in [2.05, 4.69) is 10.3 Å². The second-order valence-corrected chi connectivity index (χ2v) is 8.74. The third-order valence-electron chi connectivity index (χ3n) is 2.94. The lowest BCUT2D eigenvalue weighted by Gasteiger charge is -2.20. The number of aromatic nitrogens is 1. The molecule has 0 fully saturated rings. The molecule has 0 atom stereocenters. The van der Waals surface area contributed by atoms with E-state index in [1.165, 1.54) is 0 Å². The van der Waals surface area contributed by atoms with Gasteiger partial charge in [-0.15, -0.1) is 15.6 Å². The van der Waals surface area contributed by atoms with Gasteiger partial charge in [-0.2, -0.15) is 0 Å². The van der Waals surface area contributed by atoms with Crippen molar-refractivity contribution in [2.45, 2.75) is 31.3 Å². The van der Waals surface area contributed by atoms with Crippen molar-refractivity contribution in [2.75, 3.05) is 9.62 Å². The number of amides is 2. The van der Waals surface area contributed by atoms with Crippen LogP contribution in [0.5, 0.6) is 0 Å². The van der Waals surface area contributed by atoms with Gasteiger partial charge in [-0.1, -0.05) is 0 Å². The van der Waals surface area contributed by atoms with Crippen LogP contribution in [0.15, 0.2) is 27.9 Å². The van der Waals surface area contributed by atoms with Crippen LogP contribution in [0, 0.1) is 11.6 Å². The number of ether oxygens (including phenoxy) is 1. The first-order valence-electron chi connectivity index (χ1n) is 7.48. The number of sulfonamides is 1. The third kappa shape index (κ3) is 4.72. The minimum absolute atomic E-state index is 0.244. The van der Waals surface area contributed by atoms with Gasteiger partial charge < -0.3 is 9.84 Å². The monoisotopic (exact) mass is 435 g/mol. The Bertz CT molecular complexity index is 980. The Kier molecular flexibility index (Phi) is 5.89. The van der Waals surface area contributed by atoms with Crippen LogP contribution < -0.4 is 9.62 Å². The number of anilines is 2. The molecule has 0 bridgehead atoms. The molecular formula is C15H15F2N3O6S2. The van der Waals surface area contributed by atoms with E-state index in [1.807, 2.05) is 0 Å². The molecule has 152 valence electrons. The minimum Gasteiger partial charge on any atom is -0.464 e. The Morgan fingerprint density at radius 2 is 1.82 bits per heavy atom. The lowest BCUT2D eigenvalue weighted by atomic mass is 10.2. The average Bonchev–Trinajstić information content (AvgIpc) is 2.96. The van der Waals surface area contributed by atoms with Gasteiger partial charge in [-0.3, -0.25) is 5.32 Å². The van der Waals surface area contributed by atoms with Crippen molar-refractivity contribution < 1.29 is 36.6 Å². The Labute approximate surface area is 162 Å². The van der Waals surface area contributed by atoms with Crippen LogP contribution in [0.4, 0.5) is 29.9 Å². The van der Waals surface area contributed by atoms with E-state index in [9.17, 15) is 31.9 Å². The molecule has 2 N–H and O–H groups in total. The molecule has 0 spiro atoms. The zero-order valence-corrected chi connectivity index (χ0v) is 16.4. The molecule has 2 aromatic rings.